The molecule has 6 nitrogen and oxygen atoms in total. The van der Waals surface area contributed by atoms with Crippen molar-refractivity contribution >= 4 is 11.8 Å². The van der Waals surface area contributed by atoms with Gasteiger partial charge < -0.3 is 10.2 Å². The van der Waals surface area contributed by atoms with Crippen LogP contribution in [0.5, 0.6) is 0 Å². The molecule has 2 N–H and O–H groups in total. The van der Waals surface area contributed by atoms with Gasteiger partial charge in [0.1, 0.15) is 11.1 Å². The Hall–Kier alpha value is -2.06. The number of rotatable bonds is 4. The summed E-state index contributed by atoms with van der Waals surface area (Å²) in [4.78, 5) is 25.9. The summed E-state index contributed by atoms with van der Waals surface area (Å²) in [6.45, 7) is 6.15. The van der Waals surface area contributed by atoms with E-state index in [9.17, 15) is 22.8 Å². The van der Waals surface area contributed by atoms with E-state index in [0.717, 1.165) is 19.5 Å². The molecule has 1 unspecified atom stereocenters. The molecule has 1 aliphatic heterocycles. The summed E-state index contributed by atoms with van der Waals surface area (Å²) in [7, 11) is 0. The van der Waals surface area contributed by atoms with Crippen LogP contribution >= 0.6 is 0 Å². The molecule has 25 heavy (non-hydrogen) atoms. The van der Waals surface area contributed by atoms with E-state index in [4.69, 9.17) is 0 Å². The third-order valence-corrected chi connectivity index (χ3v) is 4.53. The highest BCUT2D eigenvalue weighted by Crippen LogP contribution is 2.37. The van der Waals surface area contributed by atoms with Crippen molar-refractivity contribution in [3.05, 3.63) is 17.5 Å². The summed E-state index contributed by atoms with van der Waals surface area (Å²) in [5.74, 6) is -1.18. The van der Waals surface area contributed by atoms with Crippen molar-refractivity contribution in [3.63, 3.8) is 0 Å². The number of amides is 2. The Bertz CT molecular complexity index is 652. The highest BCUT2D eigenvalue weighted by molar-refractivity contribution is 5.92. The van der Waals surface area contributed by atoms with Crippen molar-refractivity contribution in [2.75, 3.05) is 13.1 Å². The average molecular weight is 360 g/mol. The average Bonchev–Trinajstić information content (AvgIpc) is 3.14. The Morgan fingerprint density at radius 2 is 2.00 bits per heavy atom. The zero-order valence-electron chi connectivity index (χ0n) is 14.7. The molecular weight excluding hydrogens is 337 g/mol. The minimum atomic E-state index is -4.63. The lowest BCUT2D eigenvalue weighted by Gasteiger charge is -2.28. The summed E-state index contributed by atoms with van der Waals surface area (Å²) in [5.41, 5.74) is -1.37. The highest BCUT2D eigenvalue weighted by atomic mass is 19.4. The number of hydrogen-bond donors (Lipinski definition) is 2. The number of nitrogens with zero attached hydrogens (tertiary/aromatic N) is 2. The van der Waals surface area contributed by atoms with Crippen LogP contribution in [-0.4, -0.2) is 52.2 Å². The fourth-order valence-electron chi connectivity index (χ4n) is 2.46. The van der Waals surface area contributed by atoms with E-state index in [1.807, 2.05) is 13.8 Å². The molecule has 2 amide bonds. The van der Waals surface area contributed by atoms with Crippen LogP contribution < -0.4 is 5.32 Å². The number of H-pyrrole nitrogens is 1. The Morgan fingerprint density at radius 1 is 1.36 bits per heavy atom. The van der Waals surface area contributed by atoms with Gasteiger partial charge in [0, 0.05) is 24.8 Å². The molecule has 0 spiro atoms. The Morgan fingerprint density at radius 3 is 2.52 bits per heavy atom. The molecule has 1 aromatic heterocycles. The number of aromatic amines is 1. The minimum absolute atomic E-state index is 0.169. The van der Waals surface area contributed by atoms with Crippen LogP contribution in [0, 0.1) is 5.41 Å². The van der Waals surface area contributed by atoms with Crippen LogP contribution in [-0.2, 0) is 4.79 Å². The molecule has 1 aromatic rings. The smallest absolute Gasteiger partial charge is 0.351 e. The number of nitrogens with one attached hydrogen (secondary N) is 2. The predicted octanol–water partition coefficient (Wildman–Crippen LogP) is 2.45. The van der Waals surface area contributed by atoms with Gasteiger partial charge in [0.15, 0.2) is 0 Å². The molecule has 1 aliphatic rings. The predicted molar refractivity (Wildman–Crippen MR) is 85.0 cm³/mol. The Balaban J connectivity index is 1.97. The van der Waals surface area contributed by atoms with Crippen molar-refractivity contribution in [1.82, 2.24) is 20.4 Å². The fourth-order valence-corrected chi connectivity index (χ4v) is 2.46. The first-order valence-electron chi connectivity index (χ1n) is 8.15. The van der Waals surface area contributed by atoms with Crippen LogP contribution in [0.1, 0.15) is 56.2 Å². The molecule has 9 heteroatoms. The summed E-state index contributed by atoms with van der Waals surface area (Å²) >= 11 is 0. The molecule has 0 aromatic carbocycles. The summed E-state index contributed by atoms with van der Waals surface area (Å²) < 4.78 is 38.7. The number of hydrogen-bond acceptors (Lipinski definition) is 3. The van der Waals surface area contributed by atoms with E-state index in [1.54, 1.807) is 6.07 Å². The van der Waals surface area contributed by atoms with Gasteiger partial charge in [0.25, 0.3) is 5.91 Å². The molecule has 1 fully saturated rings. The van der Waals surface area contributed by atoms with Crippen LogP contribution in [0.2, 0.25) is 0 Å². The monoisotopic (exact) mass is 360 g/mol. The number of halogens is 3. The quantitative estimate of drug-likeness (QED) is 0.866. The molecule has 2 heterocycles. The molecular formula is C16H23F3N4O2. The SMILES string of the molecule is CC(C)c1cc(C(=O)N2CCC(NC(=O)C(C)(C)C(F)(F)F)C2)n[nH]1. The molecule has 0 radical (unpaired) electrons. The second kappa shape index (κ2) is 6.68. The first kappa shape index (κ1) is 19.3. The minimum Gasteiger partial charge on any atom is -0.351 e. The standard InChI is InChI=1S/C16H23F3N4O2/c1-9(2)11-7-12(22-21-11)13(24)23-6-5-10(8-23)20-14(25)15(3,4)16(17,18)19/h7,9-10H,5-6,8H2,1-4H3,(H,20,25)(H,21,22). The lowest BCUT2D eigenvalue weighted by Crippen LogP contribution is -2.50. The van der Waals surface area contributed by atoms with E-state index in [0.29, 0.717) is 13.0 Å². The molecule has 2 rings (SSSR count). The zero-order chi connectivity index (χ0) is 19.0. The molecule has 0 aliphatic carbocycles. The van der Waals surface area contributed by atoms with Gasteiger partial charge in [-0.05, 0) is 32.3 Å². The maximum atomic E-state index is 12.9. The number of alkyl halides is 3. The van der Waals surface area contributed by atoms with Crippen molar-refractivity contribution in [1.29, 1.82) is 0 Å². The first-order valence-corrected chi connectivity index (χ1v) is 8.15. The van der Waals surface area contributed by atoms with Gasteiger partial charge in [0.2, 0.25) is 5.91 Å². The zero-order valence-corrected chi connectivity index (χ0v) is 14.7. The largest absolute Gasteiger partial charge is 0.402 e. The van der Waals surface area contributed by atoms with Crippen molar-refractivity contribution < 1.29 is 22.8 Å². The van der Waals surface area contributed by atoms with Gasteiger partial charge >= 0.3 is 6.18 Å². The van der Waals surface area contributed by atoms with Gasteiger partial charge in [-0.1, -0.05) is 13.8 Å². The van der Waals surface area contributed by atoms with Gasteiger partial charge in [-0.2, -0.15) is 18.3 Å². The van der Waals surface area contributed by atoms with Crippen LogP contribution in [0.3, 0.4) is 0 Å². The topological polar surface area (TPSA) is 78.1 Å². The number of carbonyl (C=O) groups excluding carboxylic acids is 2. The van der Waals surface area contributed by atoms with Crippen LogP contribution in [0.25, 0.3) is 0 Å². The summed E-state index contributed by atoms with van der Waals surface area (Å²) in [6, 6.07) is 1.17. The Kier molecular flexibility index (Phi) is 5.15. The van der Waals surface area contributed by atoms with E-state index in [2.05, 4.69) is 15.5 Å². The lowest BCUT2D eigenvalue weighted by atomic mass is 9.91. The molecule has 0 bridgehead atoms. The number of carbonyl (C=O) groups is 2. The van der Waals surface area contributed by atoms with E-state index in [-0.39, 0.29) is 24.1 Å². The van der Waals surface area contributed by atoms with Crippen LogP contribution in [0.4, 0.5) is 13.2 Å². The van der Waals surface area contributed by atoms with Crippen molar-refractivity contribution in [2.45, 2.75) is 52.3 Å². The van der Waals surface area contributed by atoms with E-state index in [1.165, 1.54) is 4.90 Å². The Labute approximate surface area is 144 Å². The highest BCUT2D eigenvalue weighted by Gasteiger charge is 2.53. The second-order valence-corrected chi connectivity index (χ2v) is 7.20. The van der Waals surface area contributed by atoms with Crippen LogP contribution in [0.15, 0.2) is 6.07 Å². The fraction of sp³-hybridized carbons (Fsp3) is 0.688. The third kappa shape index (κ3) is 3.96. The number of aromatic nitrogens is 2. The summed E-state index contributed by atoms with van der Waals surface area (Å²) in [5, 5.41) is 9.19. The molecule has 140 valence electrons. The normalized spacial score (nSPS) is 18.7. The summed E-state index contributed by atoms with van der Waals surface area (Å²) in [6.07, 6.45) is -4.22. The van der Waals surface area contributed by atoms with Gasteiger partial charge in [-0.25, -0.2) is 0 Å². The first-order chi connectivity index (χ1) is 11.4. The van der Waals surface area contributed by atoms with E-state index < -0.39 is 23.5 Å². The van der Waals surface area contributed by atoms with Gasteiger partial charge in [-0.3, -0.25) is 14.7 Å². The van der Waals surface area contributed by atoms with Crippen molar-refractivity contribution in [2.24, 2.45) is 5.41 Å². The second-order valence-electron chi connectivity index (χ2n) is 7.20. The van der Waals surface area contributed by atoms with Crippen molar-refractivity contribution in [3.8, 4) is 0 Å². The molecule has 1 atom stereocenters. The lowest BCUT2D eigenvalue weighted by molar-refractivity contribution is -0.211. The number of likely N-dealkylation sites (tertiary alicyclic amines) is 1. The molecule has 1 saturated heterocycles. The maximum absolute atomic E-state index is 12.9. The third-order valence-electron chi connectivity index (χ3n) is 4.53. The van der Waals surface area contributed by atoms with Gasteiger partial charge in [0.05, 0.1) is 0 Å². The van der Waals surface area contributed by atoms with Gasteiger partial charge in [-0.15, -0.1) is 0 Å². The molecule has 0 saturated carbocycles. The van der Waals surface area contributed by atoms with E-state index >= 15 is 0 Å². The maximum Gasteiger partial charge on any atom is 0.402 e.